The number of rotatable bonds is 6. The summed E-state index contributed by atoms with van der Waals surface area (Å²) in [5, 5.41) is 5.86. The van der Waals surface area contributed by atoms with Crippen LogP contribution in [0.3, 0.4) is 0 Å². The number of amides is 1. The van der Waals surface area contributed by atoms with Gasteiger partial charge in [-0.05, 0) is 42.8 Å². The van der Waals surface area contributed by atoms with Gasteiger partial charge in [0.05, 0.1) is 17.5 Å². The molecule has 1 unspecified atom stereocenters. The molecule has 1 amide bonds. The van der Waals surface area contributed by atoms with Crippen LogP contribution in [0.2, 0.25) is 0 Å². The lowest BCUT2D eigenvalue weighted by Gasteiger charge is -2.22. The predicted molar refractivity (Wildman–Crippen MR) is 122 cm³/mol. The van der Waals surface area contributed by atoms with Crippen LogP contribution >= 0.6 is 0 Å². The second kappa shape index (κ2) is 8.92. The maximum Gasteiger partial charge on any atom is 0.274 e. The van der Waals surface area contributed by atoms with Crippen molar-refractivity contribution < 1.29 is 17.6 Å². The lowest BCUT2D eigenvalue weighted by atomic mass is 9.97. The lowest BCUT2D eigenvalue weighted by molar-refractivity contribution is 0.0708. The van der Waals surface area contributed by atoms with Crippen molar-refractivity contribution in [2.45, 2.75) is 19.4 Å². The van der Waals surface area contributed by atoms with E-state index in [0.29, 0.717) is 34.5 Å². The van der Waals surface area contributed by atoms with Gasteiger partial charge < -0.3 is 0 Å². The van der Waals surface area contributed by atoms with Crippen molar-refractivity contribution in [1.82, 2.24) is 5.01 Å². The van der Waals surface area contributed by atoms with Gasteiger partial charge in [0.25, 0.3) is 5.91 Å². The van der Waals surface area contributed by atoms with Crippen molar-refractivity contribution in [3.63, 3.8) is 0 Å². The summed E-state index contributed by atoms with van der Waals surface area (Å²) in [5.74, 6) is -0.798. The first-order chi connectivity index (χ1) is 15.4. The van der Waals surface area contributed by atoms with E-state index in [2.05, 4.69) is 9.82 Å². The molecule has 8 heteroatoms. The Morgan fingerprint density at radius 1 is 1.06 bits per heavy atom. The molecular weight excluding hydrogens is 429 g/mol. The predicted octanol–water partition coefficient (Wildman–Crippen LogP) is 4.58. The van der Waals surface area contributed by atoms with Crippen molar-refractivity contribution >= 4 is 27.3 Å². The number of nitrogens with zero attached hydrogens (tertiary/aromatic N) is 2. The third-order valence-electron chi connectivity index (χ3n) is 5.25. The van der Waals surface area contributed by atoms with Gasteiger partial charge >= 0.3 is 0 Å². The molecule has 0 fully saturated rings. The Hall–Kier alpha value is -3.52. The minimum atomic E-state index is -3.44. The molecule has 0 saturated heterocycles. The second-order valence-corrected chi connectivity index (χ2v) is 9.40. The van der Waals surface area contributed by atoms with E-state index < -0.39 is 21.9 Å². The summed E-state index contributed by atoms with van der Waals surface area (Å²) in [6.07, 6.45) is 0.295. The van der Waals surface area contributed by atoms with E-state index in [1.54, 1.807) is 73.7 Å². The van der Waals surface area contributed by atoms with Gasteiger partial charge in [0.15, 0.2) is 0 Å². The summed E-state index contributed by atoms with van der Waals surface area (Å²) in [6, 6.07) is 21.2. The first-order valence-electron chi connectivity index (χ1n) is 10.2. The van der Waals surface area contributed by atoms with Gasteiger partial charge in [0.1, 0.15) is 5.82 Å². The van der Waals surface area contributed by atoms with Gasteiger partial charge in [-0.3, -0.25) is 9.52 Å². The second-order valence-electron chi connectivity index (χ2n) is 7.39. The summed E-state index contributed by atoms with van der Waals surface area (Å²) in [7, 11) is -3.44. The van der Waals surface area contributed by atoms with Crippen LogP contribution in [-0.4, -0.2) is 30.8 Å². The van der Waals surface area contributed by atoms with E-state index in [9.17, 15) is 17.6 Å². The standard InChI is InChI=1S/C24H22FN3O3S/c1-2-32(30,31)27-19-12-8-11-18(15-19)22-16-23(20-13-6-7-14-21(20)25)28(26-22)24(29)17-9-4-3-5-10-17/h3-15,23,27H,2,16H2,1H3. The fourth-order valence-electron chi connectivity index (χ4n) is 3.59. The van der Waals surface area contributed by atoms with Crippen molar-refractivity contribution in [3.8, 4) is 0 Å². The van der Waals surface area contributed by atoms with Gasteiger partial charge in [0.2, 0.25) is 10.0 Å². The summed E-state index contributed by atoms with van der Waals surface area (Å²) in [4.78, 5) is 13.2. The van der Waals surface area contributed by atoms with Crippen LogP contribution < -0.4 is 4.72 Å². The smallest absolute Gasteiger partial charge is 0.274 e. The number of hydrogen-bond acceptors (Lipinski definition) is 4. The Kier molecular flexibility index (Phi) is 6.05. The number of halogens is 1. The Morgan fingerprint density at radius 3 is 2.50 bits per heavy atom. The molecule has 6 nitrogen and oxygen atoms in total. The van der Waals surface area contributed by atoms with Crippen molar-refractivity contribution in [2.24, 2.45) is 5.10 Å². The van der Waals surface area contributed by atoms with Gasteiger partial charge in [0, 0.05) is 23.2 Å². The summed E-state index contributed by atoms with van der Waals surface area (Å²) < 4.78 is 41.0. The molecule has 32 heavy (non-hydrogen) atoms. The van der Waals surface area contributed by atoms with Crippen molar-refractivity contribution in [3.05, 3.63) is 101 Å². The Labute approximate surface area is 186 Å². The summed E-state index contributed by atoms with van der Waals surface area (Å²) >= 11 is 0. The zero-order valence-corrected chi connectivity index (χ0v) is 18.2. The molecule has 1 N–H and O–H groups in total. The third-order valence-corrected chi connectivity index (χ3v) is 6.56. The molecule has 0 aromatic heterocycles. The lowest BCUT2D eigenvalue weighted by Crippen LogP contribution is -2.27. The molecule has 0 saturated carbocycles. The molecule has 1 aliphatic heterocycles. The highest BCUT2D eigenvalue weighted by atomic mass is 32.2. The molecule has 0 spiro atoms. The summed E-state index contributed by atoms with van der Waals surface area (Å²) in [6.45, 7) is 1.55. The molecule has 164 valence electrons. The van der Waals surface area contributed by atoms with Crippen LogP contribution in [0.1, 0.15) is 40.9 Å². The van der Waals surface area contributed by atoms with Crippen LogP contribution in [0.4, 0.5) is 10.1 Å². The highest BCUT2D eigenvalue weighted by Gasteiger charge is 2.35. The number of anilines is 1. The number of carbonyl (C=O) groups excluding carboxylic acids is 1. The molecule has 3 aromatic rings. The highest BCUT2D eigenvalue weighted by Crippen LogP contribution is 2.35. The first-order valence-corrected chi connectivity index (χ1v) is 11.8. The van der Waals surface area contributed by atoms with Crippen LogP contribution in [0.15, 0.2) is 84.0 Å². The minimum Gasteiger partial charge on any atom is -0.284 e. The number of carbonyl (C=O) groups is 1. The maximum atomic E-state index is 14.6. The molecule has 1 heterocycles. The average molecular weight is 452 g/mol. The normalized spacial score (nSPS) is 16.0. The van der Waals surface area contributed by atoms with Gasteiger partial charge in [-0.1, -0.05) is 48.5 Å². The molecule has 4 rings (SSSR count). The molecule has 1 atom stereocenters. The number of sulfonamides is 1. The van der Waals surface area contributed by atoms with Crippen LogP contribution in [0.25, 0.3) is 0 Å². The topological polar surface area (TPSA) is 78.8 Å². The maximum absolute atomic E-state index is 14.6. The van der Waals surface area contributed by atoms with E-state index in [-0.39, 0.29) is 11.7 Å². The zero-order valence-electron chi connectivity index (χ0n) is 17.4. The van der Waals surface area contributed by atoms with E-state index in [1.807, 2.05) is 6.07 Å². The number of hydrazone groups is 1. The van der Waals surface area contributed by atoms with Gasteiger partial charge in [-0.2, -0.15) is 5.10 Å². The fraction of sp³-hybridized carbons (Fsp3) is 0.167. The zero-order chi connectivity index (χ0) is 22.7. The quantitative estimate of drug-likeness (QED) is 0.596. The number of benzene rings is 3. The first kappa shape index (κ1) is 21.7. The molecule has 3 aromatic carbocycles. The van der Waals surface area contributed by atoms with Gasteiger partial charge in [-0.15, -0.1) is 0 Å². The monoisotopic (exact) mass is 451 g/mol. The molecule has 0 aliphatic carbocycles. The SMILES string of the molecule is CCS(=O)(=O)Nc1cccc(C2=NN(C(=O)c3ccccc3)C(c3ccccc3F)C2)c1. The van der Waals surface area contributed by atoms with E-state index in [0.717, 1.165) is 0 Å². The fourth-order valence-corrected chi connectivity index (χ4v) is 4.22. The largest absolute Gasteiger partial charge is 0.284 e. The van der Waals surface area contributed by atoms with Crippen LogP contribution in [0.5, 0.6) is 0 Å². The Balaban J connectivity index is 1.72. The number of hydrogen-bond donors (Lipinski definition) is 1. The summed E-state index contributed by atoms with van der Waals surface area (Å²) in [5.41, 5.74) is 2.45. The number of nitrogens with one attached hydrogen (secondary N) is 1. The Morgan fingerprint density at radius 2 is 1.78 bits per heavy atom. The third kappa shape index (κ3) is 4.55. The van der Waals surface area contributed by atoms with Crippen LogP contribution in [-0.2, 0) is 10.0 Å². The van der Waals surface area contributed by atoms with E-state index in [4.69, 9.17) is 0 Å². The molecular formula is C24H22FN3O3S. The average Bonchev–Trinajstić information content (AvgIpc) is 3.24. The van der Waals surface area contributed by atoms with E-state index in [1.165, 1.54) is 11.1 Å². The molecule has 1 aliphatic rings. The molecule has 0 radical (unpaired) electrons. The highest BCUT2D eigenvalue weighted by molar-refractivity contribution is 7.92. The van der Waals surface area contributed by atoms with Crippen LogP contribution in [0, 0.1) is 5.82 Å². The van der Waals surface area contributed by atoms with E-state index >= 15 is 0 Å². The molecule has 0 bridgehead atoms. The Bertz CT molecular complexity index is 1280. The van der Waals surface area contributed by atoms with Crippen molar-refractivity contribution in [1.29, 1.82) is 0 Å². The minimum absolute atomic E-state index is 0.0487. The van der Waals surface area contributed by atoms with Gasteiger partial charge in [-0.25, -0.2) is 17.8 Å². The van der Waals surface area contributed by atoms with Crippen molar-refractivity contribution in [2.75, 3.05) is 10.5 Å².